The van der Waals surface area contributed by atoms with Crippen molar-refractivity contribution in [3.05, 3.63) is 81.1 Å². The molecule has 3 aromatic rings. The number of hydrogen-bond donors (Lipinski definition) is 2. The van der Waals surface area contributed by atoms with Crippen LogP contribution >= 0.6 is 11.6 Å². The van der Waals surface area contributed by atoms with E-state index in [9.17, 15) is 4.79 Å². The zero-order chi connectivity index (χ0) is 15.5. The van der Waals surface area contributed by atoms with E-state index in [4.69, 9.17) is 11.6 Å². The average Bonchev–Trinajstić information content (AvgIpc) is 2.52. The Labute approximate surface area is 133 Å². The molecule has 1 atom stereocenters. The lowest BCUT2D eigenvalue weighted by molar-refractivity contribution is 0.572. The molecule has 1 aromatic heterocycles. The third-order valence-corrected chi connectivity index (χ3v) is 4.01. The second-order valence-electron chi connectivity index (χ2n) is 5.37. The van der Waals surface area contributed by atoms with Gasteiger partial charge in [0.1, 0.15) is 0 Å². The van der Waals surface area contributed by atoms with Gasteiger partial charge >= 0.3 is 0 Å². The van der Waals surface area contributed by atoms with E-state index in [1.165, 1.54) is 0 Å². The van der Waals surface area contributed by atoms with E-state index in [1.807, 2.05) is 54.6 Å². The standard InChI is InChI=1S/C18H17ClN2O/c1-12(13-6-4-7-16(19)10-13)20-11-15-9-14-5-2-3-8-17(14)21-18(15)22/h2-10,12,20H,11H2,1H3,(H,21,22). The van der Waals surface area contributed by atoms with Gasteiger partial charge in [-0.1, -0.05) is 41.9 Å². The lowest BCUT2D eigenvalue weighted by Gasteiger charge is -2.14. The number of hydrogen-bond acceptors (Lipinski definition) is 2. The van der Waals surface area contributed by atoms with E-state index in [0.29, 0.717) is 6.54 Å². The molecule has 0 aliphatic heterocycles. The van der Waals surface area contributed by atoms with Gasteiger partial charge in [0, 0.05) is 28.7 Å². The highest BCUT2D eigenvalue weighted by atomic mass is 35.5. The van der Waals surface area contributed by atoms with Crippen LogP contribution in [0.2, 0.25) is 5.02 Å². The molecule has 1 unspecified atom stereocenters. The molecular weight excluding hydrogens is 296 g/mol. The van der Waals surface area contributed by atoms with Crippen LogP contribution in [0.3, 0.4) is 0 Å². The summed E-state index contributed by atoms with van der Waals surface area (Å²) in [4.78, 5) is 15.0. The zero-order valence-electron chi connectivity index (χ0n) is 12.3. The van der Waals surface area contributed by atoms with Crippen LogP contribution in [0.1, 0.15) is 24.1 Å². The fourth-order valence-corrected chi connectivity index (χ4v) is 2.68. The minimum Gasteiger partial charge on any atom is -0.322 e. The normalized spacial score (nSPS) is 12.5. The summed E-state index contributed by atoms with van der Waals surface area (Å²) >= 11 is 6.01. The molecule has 1 heterocycles. The minimum absolute atomic E-state index is 0.0514. The van der Waals surface area contributed by atoms with Crippen LogP contribution in [0.5, 0.6) is 0 Å². The third kappa shape index (κ3) is 3.21. The van der Waals surface area contributed by atoms with Crippen molar-refractivity contribution in [2.45, 2.75) is 19.5 Å². The molecule has 3 nitrogen and oxygen atoms in total. The van der Waals surface area contributed by atoms with Crippen molar-refractivity contribution in [1.82, 2.24) is 10.3 Å². The quantitative estimate of drug-likeness (QED) is 0.764. The average molecular weight is 313 g/mol. The van der Waals surface area contributed by atoms with E-state index >= 15 is 0 Å². The molecule has 2 N–H and O–H groups in total. The van der Waals surface area contributed by atoms with Crippen molar-refractivity contribution < 1.29 is 0 Å². The molecule has 4 heteroatoms. The summed E-state index contributed by atoms with van der Waals surface area (Å²) in [5.41, 5.74) is 2.64. The van der Waals surface area contributed by atoms with Crippen molar-refractivity contribution in [3.63, 3.8) is 0 Å². The molecule has 0 bridgehead atoms. The van der Waals surface area contributed by atoms with Crippen molar-refractivity contribution in [1.29, 1.82) is 0 Å². The number of nitrogens with one attached hydrogen (secondary N) is 2. The Morgan fingerprint density at radius 3 is 2.77 bits per heavy atom. The van der Waals surface area contributed by atoms with Gasteiger partial charge in [-0.2, -0.15) is 0 Å². The summed E-state index contributed by atoms with van der Waals surface area (Å²) in [5.74, 6) is 0. The van der Waals surface area contributed by atoms with Crippen LogP contribution in [0.4, 0.5) is 0 Å². The van der Waals surface area contributed by atoms with E-state index in [1.54, 1.807) is 0 Å². The van der Waals surface area contributed by atoms with Crippen molar-refractivity contribution in [2.24, 2.45) is 0 Å². The lowest BCUT2D eigenvalue weighted by atomic mass is 10.1. The molecule has 0 saturated heterocycles. The molecular formula is C18H17ClN2O. The Morgan fingerprint density at radius 2 is 1.95 bits per heavy atom. The Balaban J connectivity index is 1.79. The lowest BCUT2D eigenvalue weighted by Crippen LogP contribution is -2.23. The third-order valence-electron chi connectivity index (χ3n) is 3.78. The van der Waals surface area contributed by atoms with Crippen LogP contribution in [0.15, 0.2) is 59.4 Å². The van der Waals surface area contributed by atoms with E-state index < -0.39 is 0 Å². The molecule has 0 fully saturated rings. The number of pyridine rings is 1. The van der Waals surface area contributed by atoms with Gasteiger partial charge in [-0.15, -0.1) is 0 Å². The van der Waals surface area contributed by atoms with Gasteiger partial charge < -0.3 is 10.3 Å². The van der Waals surface area contributed by atoms with Crippen molar-refractivity contribution in [3.8, 4) is 0 Å². The largest absolute Gasteiger partial charge is 0.322 e. The smallest absolute Gasteiger partial charge is 0.252 e. The van der Waals surface area contributed by atoms with Gasteiger partial charge in [0.05, 0.1) is 0 Å². The van der Waals surface area contributed by atoms with E-state index in [0.717, 1.165) is 27.1 Å². The topological polar surface area (TPSA) is 44.9 Å². The number of rotatable bonds is 4. The zero-order valence-corrected chi connectivity index (χ0v) is 13.0. The van der Waals surface area contributed by atoms with Crippen molar-refractivity contribution >= 4 is 22.5 Å². The number of aromatic amines is 1. The second-order valence-corrected chi connectivity index (χ2v) is 5.80. The minimum atomic E-state index is -0.0514. The summed E-state index contributed by atoms with van der Waals surface area (Å²) in [6.45, 7) is 2.56. The van der Waals surface area contributed by atoms with Crippen LogP contribution < -0.4 is 10.9 Å². The maximum atomic E-state index is 12.1. The van der Waals surface area contributed by atoms with E-state index in [-0.39, 0.29) is 11.6 Å². The first-order valence-electron chi connectivity index (χ1n) is 7.23. The van der Waals surface area contributed by atoms with Gasteiger partial charge in [-0.25, -0.2) is 0 Å². The molecule has 2 aromatic carbocycles. The van der Waals surface area contributed by atoms with Crippen LogP contribution in [0.25, 0.3) is 10.9 Å². The van der Waals surface area contributed by atoms with Gasteiger partial charge in [0.2, 0.25) is 0 Å². The fourth-order valence-electron chi connectivity index (χ4n) is 2.48. The highest BCUT2D eigenvalue weighted by molar-refractivity contribution is 6.30. The Kier molecular flexibility index (Phi) is 4.27. The van der Waals surface area contributed by atoms with E-state index in [2.05, 4.69) is 17.2 Å². The van der Waals surface area contributed by atoms with Gasteiger partial charge in [0.25, 0.3) is 5.56 Å². The highest BCUT2D eigenvalue weighted by Crippen LogP contribution is 2.18. The number of benzene rings is 2. The van der Waals surface area contributed by atoms with Crippen LogP contribution in [0, 0.1) is 0 Å². The molecule has 0 aliphatic rings. The Hall–Kier alpha value is -2.10. The summed E-state index contributed by atoms with van der Waals surface area (Å²) in [6, 6.07) is 17.6. The summed E-state index contributed by atoms with van der Waals surface area (Å²) < 4.78 is 0. The first-order chi connectivity index (χ1) is 10.6. The summed E-state index contributed by atoms with van der Waals surface area (Å²) in [7, 11) is 0. The van der Waals surface area contributed by atoms with Crippen LogP contribution in [-0.4, -0.2) is 4.98 Å². The second kappa shape index (κ2) is 6.34. The number of H-pyrrole nitrogens is 1. The fraction of sp³-hybridized carbons (Fsp3) is 0.167. The number of aromatic nitrogens is 1. The van der Waals surface area contributed by atoms with Gasteiger partial charge in [-0.05, 0) is 42.1 Å². The number of para-hydroxylation sites is 1. The summed E-state index contributed by atoms with van der Waals surface area (Å²) in [6.07, 6.45) is 0. The van der Waals surface area contributed by atoms with Gasteiger partial charge in [0.15, 0.2) is 0 Å². The SMILES string of the molecule is CC(NCc1cc2ccccc2[nH]c1=O)c1cccc(Cl)c1. The van der Waals surface area contributed by atoms with Crippen LogP contribution in [-0.2, 0) is 6.54 Å². The number of halogens is 1. The monoisotopic (exact) mass is 312 g/mol. The first-order valence-corrected chi connectivity index (χ1v) is 7.61. The molecule has 3 rings (SSSR count). The Morgan fingerprint density at radius 1 is 1.14 bits per heavy atom. The molecule has 0 saturated carbocycles. The molecule has 112 valence electrons. The molecule has 0 spiro atoms. The number of fused-ring (bicyclic) bond motifs is 1. The molecule has 22 heavy (non-hydrogen) atoms. The summed E-state index contributed by atoms with van der Waals surface area (Å²) in [5, 5.41) is 5.12. The highest BCUT2D eigenvalue weighted by Gasteiger charge is 2.08. The molecule has 0 radical (unpaired) electrons. The van der Waals surface area contributed by atoms with Gasteiger partial charge in [-0.3, -0.25) is 4.79 Å². The molecule has 0 aliphatic carbocycles. The Bertz CT molecular complexity index is 857. The maximum absolute atomic E-state index is 12.1. The predicted molar refractivity (Wildman–Crippen MR) is 91.3 cm³/mol. The maximum Gasteiger partial charge on any atom is 0.252 e. The molecule has 0 amide bonds. The predicted octanol–water partition coefficient (Wildman–Crippen LogP) is 4.03. The van der Waals surface area contributed by atoms with Crippen molar-refractivity contribution in [2.75, 3.05) is 0 Å². The first kappa shape index (κ1) is 14.8.